The molecule has 4 aromatic rings. The molecule has 1 aromatic heterocycles. The molecule has 0 aliphatic carbocycles. The highest BCUT2D eigenvalue weighted by Crippen LogP contribution is 2.21. The molecule has 4 rings (SSSR count). The van der Waals surface area contributed by atoms with Crippen LogP contribution in [-0.2, 0) is 17.8 Å². The monoisotopic (exact) mass is 413 g/mol. The molecule has 31 heavy (non-hydrogen) atoms. The van der Waals surface area contributed by atoms with Crippen molar-refractivity contribution in [1.29, 1.82) is 0 Å². The summed E-state index contributed by atoms with van der Waals surface area (Å²) in [6.45, 7) is 3.37. The van der Waals surface area contributed by atoms with E-state index in [0.29, 0.717) is 13.0 Å². The van der Waals surface area contributed by atoms with Crippen LogP contribution in [0.25, 0.3) is 11.0 Å². The van der Waals surface area contributed by atoms with E-state index < -0.39 is 0 Å². The molecule has 1 atom stereocenters. The molecule has 0 aliphatic rings. The minimum Gasteiger partial charge on any atom is -0.494 e. The van der Waals surface area contributed by atoms with Crippen molar-refractivity contribution in [2.45, 2.75) is 32.4 Å². The maximum Gasteiger partial charge on any atom is 0.224 e. The van der Waals surface area contributed by atoms with E-state index in [1.54, 1.807) is 0 Å². The van der Waals surface area contributed by atoms with Gasteiger partial charge in [0.05, 0.1) is 30.1 Å². The lowest BCUT2D eigenvalue weighted by atomic mass is 10.1. The van der Waals surface area contributed by atoms with E-state index in [4.69, 9.17) is 9.72 Å². The molecule has 1 unspecified atom stereocenters. The van der Waals surface area contributed by atoms with Gasteiger partial charge in [0.25, 0.3) is 0 Å². The Morgan fingerprint density at radius 3 is 2.42 bits per heavy atom. The highest BCUT2D eigenvalue weighted by Gasteiger charge is 2.18. The van der Waals surface area contributed by atoms with Crippen molar-refractivity contribution >= 4 is 16.9 Å². The van der Waals surface area contributed by atoms with Crippen LogP contribution in [0.2, 0.25) is 0 Å². The largest absolute Gasteiger partial charge is 0.494 e. The number of carbonyl (C=O) groups is 1. The molecule has 1 N–H and O–H groups in total. The first-order chi connectivity index (χ1) is 15.2. The topological polar surface area (TPSA) is 56.2 Å². The number of nitrogens with zero attached hydrogens (tertiary/aromatic N) is 2. The van der Waals surface area contributed by atoms with Crippen LogP contribution < -0.4 is 10.1 Å². The Labute approximate surface area is 182 Å². The zero-order valence-electron chi connectivity index (χ0n) is 17.7. The van der Waals surface area contributed by atoms with Crippen molar-refractivity contribution in [1.82, 2.24) is 14.9 Å². The van der Waals surface area contributed by atoms with E-state index in [2.05, 4.69) is 16.0 Å². The second-order valence-electron chi connectivity index (χ2n) is 7.58. The summed E-state index contributed by atoms with van der Waals surface area (Å²) in [4.78, 5) is 17.4. The SMILES string of the molecule is CC(NC(=O)Cc1ccccc1)c1nc2ccccc2n1CCCOc1ccccc1. The molecule has 0 fully saturated rings. The molecule has 1 heterocycles. The number of para-hydroxylation sites is 3. The number of benzene rings is 3. The van der Waals surface area contributed by atoms with Gasteiger partial charge in [0.1, 0.15) is 11.6 Å². The second kappa shape index (κ2) is 9.94. The van der Waals surface area contributed by atoms with Gasteiger partial charge in [-0.05, 0) is 43.2 Å². The molecule has 0 saturated carbocycles. The van der Waals surface area contributed by atoms with Crippen LogP contribution >= 0.6 is 0 Å². The normalized spacial score (nSPS) is 11.9. The van der Waals surface area contributed by atoms with Gasteiger partial charge in [0, 0.05) is 6.54 Å². The quantitative estimate of drug-likeness (QED) is 0.396. The Morgan fingerprint density at radius 1 is 0.968 bits per heavy atom. The van der Waals surface area contributed by atoms with E-state index in [1.807, 2.05) is 85.8 Å². The summed E-state index contributed by atoms with van der Waals surface area (Å²) in [5.41, 5.74) is 3.01. The third-order valence-electron chi connectivity index (χ3n) is 5.19. The van der Waals surface area contributed by atoms with E-state index in [1.165, 1.54) is 0 Å². The Morgan fingerprint density at radius 2 is 1.65 bits per heavy atom. The van der Waals surface area contributed by atoms with Gasteiger partial charge in [-0.2, -0.15) is 0 Å². The fourth-order valence-corrected chi connectivity index (χ4v) is 3.73. The third kappa shape index (κ3) is 5.31. The first-order valence-corrected chi connectivity index (χ1v) is 10.7. The summed E-state index contributed by atoms with van der Waals surface area (Å²) in [6.07, 6.45) is 1.20. The van der Waals surface area contributed by atoms with E-state index >= 15 is 0 Å². The summed E-state index contributed by atoms with van der Waals surface area (Å²) in [6, 6.07) is 27.5. The molecule has 0 bridgehead atoms. The summed E-state index contributed by atoms with van der Waals surface area (Å²) in [7, 11) is 0. The van der Waals surface area contributed by atoms with Crippen LogP contribution in [-0.4, -0.2) is 22.1 Å². The first kappa shape index (κ1) is 20.7. The number of hydrogen-bond donors (Lipinski definition) is 1. The molecule has 0 saturated heterocycles. The summed E-state index contributed by atoms with van der Waals surface area (Å²) in [5.74, 6) is 1.73. The zero-order valence-corrected chi connectivity index (χ0v) is 17.7. The number of amides is 1. The number of imidazole rings is 1. The number of hydrogen-bond acceptors (Lipinski definition) is 3. The molecule has 158 valence electrons. The highest BCUT2D eigenvalue weighted by atomic mass is 16.5. The van der Waals surface area contributed by atoms with Crippen LogP contribution in [0.4, 0.5) is 0 Å². The molecule has 0 radical (unpaired) electrons. The minimum absolute atomic E-state index is 0.00952. The van der Waals surface area contributed by atoms with Gasteiger partial charge in [-0.15, -0.1) is 0 Å². The predicted molar refractivity (Wildman–Crippen MR) is 123 cm³/mol. The molecule has 5 nitrogen and oxygen atoms in total. The van der Waals surface area contributed by atoms with Crippen molar-refractivity contribution in [2.75, 3.05) is 6.61 Å². The van der Waals surface area contributed by atoms with Crippen LogP contribution in [0.15, 0.2) is 84.9 Å². The number of ether oxygens (including phenoxy) is 1. The zero-order chi connectivity index (χ0) is 21.5. The lowest BCUT2D eigenvalue weighted by Crippen LogP contribution is -2.30. The molecule has 0 aliphatic heterocycles. The van der Waals surface area contributed by atoms with Crippen LogP contribution in [0.1, 0.15) is 30.8 Å². The smallest absolute Gasteiger partial charge is 0.224 e. The van der Waals surface area contributed by atoms with Crippen LogP contribution in [0.3, 0.4) is 0 Å². The minimum atomic E-state index is -0.196. The Hall–Kier alpha value is -3.60. The van der Waals surface area contributed by atoms with Crippen LogP contribution in [0, 0.1) is 0 Å². The van der Waals surface area contributed by atoms with E-state index in [-0.39, 0.29) is 11.9 Å². The highest BCUT2D eigenvalue weighted by molar-refractivity contribution is 5.79. The summed E-state index contributed by atoms with van der Waals surface area (Å²) >= 11 is 0. The van der Waals surface area contributed by atoms with E-state index in [9.17, 15) is 4.79 Å². The average Bonchev–Trinajstić information content (AvgIpc) is 3.17. The van der Waals surface area contributed by atoms with Crippen molar-refractivity contribution in [3.05, 3.63) is 96.3 Å². The first-order valence-electron chi connectivity index (χ1n) is 10.7. The lowest BCUT2D eigenvalue weighted by Gasteiger charge is -2.17. The maximum atomic E-state index is 12.6. The van der Waals surface area contributed by atoms with Gasteiger partial charge in [-0.25, -0.2) is 4.98 Å². The number of rotatable bonds is 9. The molecular weight excluding hydrogens is 386 g/mol. The van der Waals surface area contributed by atoms with Gasteiger partial charge in [-0.1, -0.05) is 60.7 Å². The average molecular weight is 414 g/mol. The Balaban J connectivity index is 1.44. The predicted octanol–water partition coefficient (Wildman–Crippen LogP) is 4.93. The van der Waals surface area contributed by atoms with Crippen molar-refractivity contribution in [3.63, 3.8) is 0 Å². The standard InChI is InChI=1S/C26H27N3O2/c1-20(27-25(30)19-21-11-4-2-5-12-21)26-28-23-15-8-9-16-24(23)29(26)17-10-18-31-22-13-6-3-7-14-22/h2-9,11-16,20H,10,17-19H2,1H3,(H,27,30). The number of nitrogens with one attached hydrogen (secondary N) is 1. The van der Waals surface area contributed by atoms with Crippen molar-refractivity contribution < 1.29 is 9.53 Å². The van der Waals surface area contributed by atoms with Crippen LogP contribution in [0.5, 0.6) is 5.75 Å². The third-order valence-corrected chi connectivity index (χ3v) is 5.19. The van der Waals surface area contributed by atoms with Crippen molar-refractivity contribution in [3.8, 4) is 5.75 Å². The molecule has 3 aromatic carbocycles. The Bertz CT molecular complexity index is 1120. The number of aryl methyl sites for hydroxylation is 1. The van der Waals surface area contributed by atoms with Crippen molar-refractivity contribution in [2.24, 2.45) is 0 Å². The van der Waals surface area contributed by atoms with Gasteiger partial charge in [0.2, 0.25) is 5.91 Å². The van der Waals surface area contributed by atoms with Gasteiger partial charge in [0.15, 0.2) is 0 Å². The Kier molecular flexibility index (Phi) is 6.62. The van der Waals surface area contributed by atoms with Gasteiger partial charge in [-0.3, -0.25) is 4.79 Å². The van der Waals surface area contributed by atoms with E-state index in [0.717, 1.165) is 41.1 Å². The fourth-order valence-electron chi connectivity index (χ4n) is 3.73. The molecule has 0 spiro atoms. The summed E-state index contributed by atoms with van der Waals surface area (Å²) < 4.78 is 8.04. The second-order valence-corrected chi connectivity index (χ2v) is 7.58. The molecule has 5 heteroatoms. The molecular formula is C26H27N3O2. The van der Waals surface area contributed by atoms with Gasteiger partial charge < -0.3 is 14.6 Å². The fraction of sp³-hybridized carbons (Fsp3) is 0.231. The number of aromatic nitrogens is 2. The lowest BCUT2D eigenvalue weighted by molar-refractivity contribution is -0.121. The summed E-state index contributed by atoms with van der Waals surface area (Å²) in [5, 5.41) is 3.11. The van der Waals surface area contributed by atoms with Gasteiger partial charge >= 0.3 is 0 Å². The maximum absolute atomic E-state index is 12.6. The number of fused-ring (bicyclic) bond motifs is 1. The number of carbonyl (C=O) groups excluding carboxylic acids is 1. The molecule has 1 amide bonds.